The third kappa shape index (κ3) is 2.71. The molecule has 2 rings (SSSR count). The van der Waals surface area contributed by atoms with Crippen molar-refractivity contribution in [1.29, 1.82) is 0 Å². The lowest BCUT2D eigenvalue weighted by Gasteiger charge is -2.34. The SMILES string of the molecule is CC1CCC(CNC2CC(O)C2)CC1. The van der Waals surface area contributed by atoms with Crippen molar-refractivity contribution in [1.82, 2.24) is 5.32 Å². The average Bonchev–Trinajstić information content (AvgIpc) is 2.13. The summed E-state index contributed by atoms with van der Waals surface area (Å²) in [6.45, 7) is 3.55. The van der Waals surface area contributed by atoms with Crippen LogP contribution >= 0.6 is 0 Å². The lowest BCUT2D eigenvalue weighted by molar-refractivity contribution is 0.0597. The van der Waals surface area contributed by atoms with Crippen LogP contribution in [-0.4, -0.2) is 23.8 Å². The molecule has 0 spiro atoms. The van der Waals surface area contributed by atoms with Crippen LogP contribution in [0.15, 0.2) is 0 Å². The Morgan fingerprint density at radius 2 is 1.79 bits per heavy atom. The van der Waals surface area contributed by atoms with E-state index in [2.05, 4.69) is 12.2 Å². The minimum absolute atomic E-state index is 0.0149. The summed E-state index contributed by atoms with van der Waals surface area (Å²) in [5.41, 5.74) is 0. The summed E-state index contributed by atoms with van der Waals surface area (Å²) >= 11 is 0. The van der Waals surface area contributed by atoms with Crippen molar-refractivity contribution >= 4 is 0 Å². The summed E-state index contributed by atoms with van der Waals surface area (Å²) in [4.78, 5) is 0. The van der Waals surface area contributed by atoms with E-state index < -0.39 is 0 Å². The van der Waals surface area contributed by atoms with E-state index in [-0.39, 0.29) is 6.10 Å². The van der Waals surface area contributed by atoms with Crippen molar-refractivity contribution in [2.75, 3.05) is 6.54 Å². The number of hydrogen-bond acceptors (Lipinski definition) is 2. The minimum Gasteiger partial charge on any atom is -0.393 e. The van der Waals surface area contributed by atoms with Gasteiger partial charge in [-0.1, -0.05) is 19.8 Å². The fraction of sp³-hybridized carbons (Fsp3) is 1.00. The molecule has 0 aromatic heterocycles. The molecule has 0 aromatic rings. The largest absolute Gasteiger partial charge is 0.393 e. The van der Waals surface area contributed by atoms with E-state index in [4.69, 9.17) is 5.11 Å². The molecule has 2 nitrogen and oxygen atoms in total. The summed E-state index contributed by atoms with van der Waals surface area (Å²) in [5.74, 6) is 1.86. The van der Waals surface area contributed by atoms with Crippen LogP contribution < -0.4 is 5.32 Å². The topological polar surface area (TPSA) is 32.3 Å². The zero-order chi connectivity index (χ0) is 9.97. The van der Waals surface area contributed by atoms with Crippen LogP contribution in [0.3, 0.4) is 0 Å². The van der Waals surface area contributed by atoms with Gasteiger partial charge >= 0.3 is 0 Å². The third-order valence-corrected chi connectivity index (χ3v) is 3.94. The quantitative estimate of drug-likeness (QED) is 0.724. The van der Waals surface area contributed by atoms with E-state index in [1.807, 2.05) is 0 Å². The van der Waals surface area contributed by atoms with Crippen molar-refractivity contribution < 1.29 is 5.11 Å². The van der Waals surface area contributed by atoms with E-state index >= 15 is 0 Å². The smallest absolute Gasteiger partial charge is 0.0570 e. The van der Waals surface area contributed by atoms with Crippen LogP contribution in [-0.2, 0) is 0 Å². The molecule has 2 fully saturated rings. The Morgan fingerprint density at radius 3 is 2.36 bits per heavy atom. The van der Waals surface area contributed by atoms with Crippen molar-refractivity contribution in [2.45, 2.75) is 57.6 Å². The van der Waals surface area contributed by atoms with E-state index in [1.54, 1.807) is 0 Å². The van der Waals surface area contributed by atoms with Crippen molar-refractivity contribution in [3.05, 3.63) is 0 Å². The van der Waals surface area contributed by atoms with Gasteiger partial charge in [-0.3, -0.25) is 0 Å². The van der Waals surface area contributed by atoms with Gasteiger partial charge in [0.1, 0.15) is 0 Å². The van der Waals surface area contributed by atoms with E-state index in [0.29, 0.717) is 6.04 Å². The van der Waals surface area contributed by atoms with Gasteiger partial charge in [0, 0.05) is 6.04 Å². The van der Waals surface area contributed by atoms with Crippen LogP contribution in [0.1, 0.15) is 45.4 Å². The fourth-order valence-electron chi connectivity index (χ4n) is 2.62. The first kappa shape index (κ1) is 10.4. The second-order valence-corrected chi connectivity index (χ2v) is 5.36. The Hall–Kier alpha value is -0.0800. The molecule has 0 unspecified atom stereocenters. The zero-order valence-corrected chi connectivity index (χ0v) is 9.21. The van der Waals surface area contributed by atoms with Gasteiger partial charge in [0.25, 0.3) is 0 Å². The molecule has 2 aliphatic carbocycles. The first-order chi connectivity index (χ1) is 6.74. The normalized spacial score (nSPS) is 43.3. The Balaban J connectivity index is 1.57. The lowest BCUT2D eigenvalue weighted by atomic mass is 9.82. The highest BCUT2D eigenvalue weighted by atomic mass is 16.3. The molecule has 2 N–H and O–H groups in total. The van der Waals surface area contributed by atoms with Gasteiger partial charge in [-0.2, -0.15) is 0 Å². The van der Waals surface area contributed by atoms with Gasteiger partial charge in [0.2, 0.25) is 0 Å². The van der Waals surface area contributed by atoms with Gasteiger partial charge in [-0.15, -0.1) is 0 Å². The monoisotopic (exact) mass is 197 g/mol. The molecule has 0 radical (unpaired) electrons. The maximum absolute atomic E-state index is 9.15. The molecule has 0 atom stereocenters. The van der Waals surface area contributed by atoms with E-state index in [0.717, 1.165) is 24.7 Å². The van der Waals surface area contributed by atoms with E-state index in [1.165, 1.54) is 32.2 Å². The summed E-state index contributed by atoms with van der Waals surface area (Å²) < 4.78 is 0. The second kappa shape index (κ2) is 4.63. The standard InChI is InChI=1S/C12H23NO/c1-9-2-4-10(5-3-9)8-13-11-6-12(14)7-11/h9-14H,2-8H2,1H3. The van der Waals surface area contributed by atoms with Crippen LogP contribution in [0.5, 0.6) is 0 Å². The Kier molecular flexibility index (Phi) is 3.45. The molecule has 2 aliphatic rings. The maximum Gasteiger partial charge on any atom is 0.0570 e. The number of nitrogens with one attached hydrogen (secondary N) is 1. The maximum atomic E-state index is 9.15. The van der Waals surface area contributed by atoms with Crippen LogP contribution in [0, 0.1) is 11.8 Å². The molecule has 2 saturated carbocycles. The van der Waals surface area contributed by atoms with Gasteiger partial charge in [-0.05, 0) is 44.1 Å². The molecular formula is C12H23NO. The number of aliphatic hydroxyl groups excluding tert-OH is 1. The molecule has 82 valence electrons. The minimum atomic E-state index is -0.0149. The first-order valence-corrected chi connectivity index (χ1v) is 6.15. The van der Waals surface area contributed by atoms with Crippen molar-refractivity contribution in [3.63, 3.8) is 0 Å². The highest BCUT2D eigenvalue weighted by Crippen LogP contribution is 2.28. The molecule has 0 amide bonds. The molecule has 0 aromatic carbocycles. The summed E-state index contributed by atoms with van der Waals surface area (Å²) in [5, 5.41) is 12.7. The average molecular weight is 197 g/mol. The Labute approximate surface area is 87.1 Å². The van der Waals surface area contributed by atoms with Gasteiger partial charge < -0.3 is 10.4 Å². The molecule has 0 heterocycles. The molecule has 0 aliphatic heterocycles. The van der Waals surface area contributed by atoms with Crippen LogP contribution in [0.25, 0.3) is 0 Å². The zero-order valence-electron chi connectivity index (χ0n) is 9.21. The number of aliphatic hydroxyl groups is 1. The lowest BCUT2D eigenvalue weighted by Crippen LogP contribution is -2.46. The molecule has 0 saturated heterocycles. The Morgan fingerprint density at radius 1 is 1.14 bits per heavy atom. The molecule has 14 heavy (non-hydrogen) atoms. The van der Waals surface area contributed by atoms with Crippen molar-refractivity contribution in [3.8, 4) is 0 Å². The highest BCUT2D eigenvalue weighted by Gasteiger charge is 2.27. The summed E-state index contributed by atoms with van der Waals surface area (Å²) in [7, 11) is 0. The highest BCUT2D eigenvalue weighted by molar-refractivity contribution is 4.85. The molecule has 0 bridgehead atoms. The predicted molar refractivity (Wildman–Crippen MR) is 58.2 cm³/mol. The number of hydrogen-bond donors (Lipinski definition) is 2. The fourth-order valence-corrected chi connectivity index (χ4v) is 2.62. The molecular weight excluding hydrogens is 174 g/mol. The Bertz CT molecular complexity index is 169. The van der Waals surface area contributed by atoms with Gasteiger partial charge in [0.05, 0.1) is 6.10 Å². The number of rotatable bonds is 3. The van der Waals surface area contributed by atoms with Crippen molar-refractivity contribution in [2.24, 2.45) is 11.8 Å². The van der Waals surface area contributed by atoms with Gasteiger partial charge in [-0.25, -0.2) is 0 Å². The van der Waals surface area contributed by atoms with E-state index in [9.17, 15) is 0 Å². The second-order valence-electron chi connectivity index (χ2n) is 5.36. The predicted octanol–water partition coefficient (Wildman–Crippen LogP) is 1.93. The van der Waals surface area contributed by atoms with Gasteiger partial charge in [0.15, 0.2) is 0 Å². The molecule has 2 heteroatoms. The summed E-state index contributed by atoms with van der Waals surface area (Å²) in [6, 6.07) is 0.615. The summed E-state index contributed by atoms with van der Waals surface area (Å²) in [6.07, 6.45) is 7.58. The third-order valence-electron chi connectivity index (χ3n) is 3.94. The van der Waals surface area contributed by atoms with Crippen LogP contribution in [0.4, 0.5) is 0 Å². The van der Waals surface area contributed by atoms with Crippen LogP contribution in [0.2, 0.25) is 0 Å². The first-order valence-electron chi connectivity index (χ1n) is 6.15.